The van der Waals surface area contributed by atoms with Crippen LogP contribution in [0.15, 0.2) is 35.7 Å². The third-order valence-corrected chi connectivity index (χ3v) is 3.58. The van der Waals surface area contributed by atoms with Crippen LogP contribution in [0, 0.1) is 11.3 Å². The maximum absolute atomic E-state index is 8.78. The summed E-state index contributed by atoms with van der Waals surface area (Å²) in [6, 6.07) is 11.8. The van der Waals surface area contributed by atoms with Crippen LogP contribution in [-0.4, -0.2) is 20.3 Å². The fourth-order valence-electron chi connectivity index (χ4n) is 1.66. The number of nitrogens with zero attached hydrogens (tertiary/aromatic N) is 1. The monoisotopic (exact) mass is 288 g/mol. The Morgan fingerprint density at radius 2 is 2.20 bits per heavy atom. The van der Waals surface area contributed by atoms with Gasteiger partial charge in [-0.05, 0) is 18.2 Å². The minimum Gasteiger partial charge on any atom is -0.491 e. The van der Waals surface area contributed by atoms with Crippen molar-refractivity contribution < 1.29 is 9.47 Å². The predicted octanol–water partition coefficient (Wildman–Crippen LogP) is 3.26. The first-order chi connectivity index (χ1) is 9.81. The molecule has 104 valence electrons. The zero-order chi connectivity index (χ0) is 14.2. The number of rotatable bonds is 7. The molecule has 0 fully saturated rings. The van der Waals surface area contributed by atoms with Crippen LogP contribution in [0.1, 0.15) is 10.4 Å². The molecule has 0 unspecified atom stereocenters. The molecule has 0 bridgehead atoms. The predicted molar refractivity (Wildman–Crippen MR) is 80.2 cm³/mol. The highest BCUT2D eigenvalue weighted by atomic mass is 32.1. The minimum absolute atomic E-state index is 0.538. The van der Waals surface area contributed by atoms with E-state index in [0.717, 1.165) is 16.3 Å². The number of hydrogen-bond acceptors (Lipinski definition) is 5. The van der Waals surface area contributed by atoms with Gasteiger partial charge in [0.2, 0.25) is 0 Å². The first kappa shape index (κ1) is 14.4. The van der Waals surface area contributed by atoms with E-state index in [1.807, 2.05) is 35.7 Å². The molecule has 2 aromatic rings. The van der Waals surface area contributed by atoms with E-state index in [1.165, 1.54) is 0 Å². The molecule has 0 spiro atoms. The van der Waals surface area contributed by atoms with Gasteiger partial charge in [-0.15, -0.1) is 11.3 Å². The average Bonchev–Trinajstić information content (AvgIpc) is 2.94. The maximum Gasteiger partial charge on any atom is 0.121 e. The molecular formula is C15H16N2O2S. The molecule has 0 aliphatic carbocycles. The Bertz CT molecular complexity index is 590. The molecular weight excluding hydrogens is 272 g/mol. The average molecular weight is 288 g/mol. The summed E-state index contributed by atoms with van der Waals surface area (Å²) in [6.07, 6.45) is 0. The Morgan fingerprint density at radius 3 is 2.95 bits per heavy atom. The fourth-order valence-corrected chi connectivity index (χ4v) is 2.41. The van der Waals surface area contributed by atoms with Crippen molar-refractivity contribution in [1.82, 2.24) is 0 Å². The van der Waals surface area contributed by atoms with Crippen LogP contribution in [0.2, 0.25) is 0 Å². The van der Waals surface area contributed by atoms with E-state index in [0.29, 0.717) is 25.3 Å². The van der Waals surface area contributed by atoms with E-state index < -0.39 is 0 Å². The number of nitriles is 1. The Balaban J connectivity index is 1.89. The van der Waals surface area contributed by atoms with Crippen molar-refractivity contribution in [3.63, 3.8) is 0 Å². The number of methoxy groups -OCH3 is 1. The first-order valence-corrected chi connectivity index (χ1v) is 7.13. The van der Waals surface area contributed by atoms with Crippen LogP contribution >= 0.6 is 11.3 Å². The Labute approximate surface area is 122 Å². The molecule has 4 nitrogen and oxygen atoms in total. The van der Waals surface area contributed by atoms with Gasteiger partial charge in [0.15, 0.2) is 0 Å². The van der Waals surface area contributed by atoms with Gasteiger partial charge in [0, 0.05) is 35.7 Å². The highest BCUT2D eigenvalue weighted by Crippen LogP contribution is 2.20. The molecule has 2 rings (SSSR count). The molecule has 20 heavy (non-hydrogen) atoms. The van der Waals surface area contributed by atoms with Crippen molar-refractivity contribution in [2.24, 2.45) is 0 Å². The summed E-state index contributed by atoms with van der Waals surface area (Å²) in [4.78, 5) is 1.13. The third-order valence-electron chi connectivity index (χ3n) is 2.64. The van der Waals surface area contributed by atoms with Crippen LogP contribution in [0.3, 0.4) is 0 Å². The summed E-state index contributed by atoms with van der Waals surface area (Å²) >= 11 is 1.58. The summed E-state index contributed by atoms with van der Waals surface area (Å²) in [6.45, 7) is 1.81. The van der Waals surface area contributed by atoms with Crippen molar-refractivity contribution >= 4 is 17.0 Å². The number of anilines is 1. The van der Waals surface area contributed by atoms with Crippen molar-refractivity contribution in [1.29, 1.82) is 5.26 Å². The fraction of sp³-hybridized carbons (Fsp3) is 0.267. The zero-order valence-electron chi connectivity index (χ0n) is 11.3. The van der Waals surface area contributed by atoms with Crippen molar-refractivity contribution in [2.75, 3.05) is 25.6 Å². The van der Waals surface area contributed by atoms with Gasteiger partial charge >= 0.3 is 0 Å². The van der Waals surface area contributed by atoms with Crippen LogP contribution in [-0.2, 0) is 11.3 Å². The van der Waals surface area contributed by atoms with Gasteiger partial charge in [0.25, 0.3) is 0 Å². The van der Waals surface area contributed by atoms with Gasteiger partial charge in [-0.1, -0.05) is 6.07 Å². The smallest absolute Gasteiger partial charge is 0.121 e. The summed E-state index contributed by atoms with van der Waals surface area (Å²) in [7, 11) is 1.65. The highest BCUT2D eigenvalue weighted by Gasteiger charge is 2.00. The lowest BCUT2D eigenvalue weighted by Gasteiger charge is -2.09. The van der Waals surface area contributed by atoms with E-state index >= 15 is 0 Å². The van der Waals surface area contributed by atoms with Crippen LogP contribution in [0.4, 0.5) is 5.69 Å². The lowest BCUT2D eigenvalue weighted by molar-refractivity contribution is 0.146. The molecule has 0 amide bonds. The lowest BCUT2D eigenvalue weighted by Crippen LogP contribution is -2.04. The molecule has 1 N–H and O–H groups in total. The van der Waals surface area contributed by atoms with Gasteiger partial charge in [-0.3, -0.25) is 0 Å². The molecule has 5 heteroatoms. The van der Waals surface area contributed by atoms with Crippen LogP contribution in [0.25, 0.3) is 0 Å². The molecule has 1 aromatic carbocycles. The summed E-state index contributed by atoms with van der Waals surface area (Å²) in [5.74, 6) is 0.816. The van der Waals surface area contributed by atoms with E-state index in [-0.39, 0.29) is 0 Å². The van der Waals surface area contributed by atoms with E-state index in [9.17, 15) is 0 Å². The van der Waals surface area contributed by atoms with Gasteiger partial charge in [0.05, 0.1) is 12.2 Å². The minimum atomic E-state index is 0.538. The summed E-state index contributed by atoms with van der Waals surface area (Å²) in [5.41, 5.74) is 1.70. The largest absolute Gasteiger partial charge is 0.491 e. The Morgan fingerprint density at radius 1 is 1.30 bits per heavy atom. The van der Waals surface area contributed by atoms with Crippen LogP contribution < -0.4 is 10.1 Å². The number of benzene rings is 1. The number of nitrogens with one attached hydrogen (secondary N) is 1. The summed E-state index contributed by atoms with van der Waals surface area (Å²) < 4.78 is 10.5. The number of hydrogen-bond donors (Lipinski definition) is 1. The Kier molecular flexibility index (Phi) is 5.42. The quantitative estimate of drug-likeness (QED) is 0.795. The topological polar surface area (TPSA) is 54.3 Å². The molecule has 0 aliphatic rings. The lowest BCUT2D eigenvalue weighted by atomic mass is 10.3. The molecule has 0 atom stereocenters. The number of ether oxygens (including phenoxy) is 2. The van der Waals surface area contributed by atoms with Crippen molar-refractivity contribution in [3.05, 3.63) is 46.2 Å². The Hall–Kier alpha value is -2.03. The second kappa shape index (κ2) is 7.53. The van der Waals surface area contributed by atoms with Crippen LogP contribution in [0.5, 0.6) is 5.75 Å². The van der Waals surface area contributed by atoms with E-state index in [2.05, 4.69) is 11.4 Å². The molecule has 0 aliphatic heterocycles. The standard InChI is InChI=1S/C15H16N2O2S/c1-18-5-6-19-14-4-2-3-13(8-14)17-10-15-7-12(9-16)11-20-15/h2-4,7-8,11,17H,5-6,10H2,1H3. The van der Waals surface area contributed by atoms with E-state index in [1.54, 1.807) is 18.4 Å². The molecule has 0 saturated heterocycles. The van der Waals surface area contributed by atoms with Gasteiger partial charge in [-0.25, -0.2) is 0 Å². The van der Waals surface area contributed by atoms with Crippen molar-refractivity contribution in [3.8, 4) is 11.8 Å². The number of thiophene rings is 1. The second-order valence-electron chi connectivity index (χ2n) is 4.14. The second-order valence-corrected chi connectivity index (χ2v) is 5.13. The third kappa shape index (κ3) is 4.26. The van der Waals surface area contributed by atoms with Gasteiger partial charge in [-0.2, -0.15) is 5.26 Å². The SMILES string of the molecule is COCCOc1cccc(NCc2cc(C#N)cs2)c1. The van der Waals surface area contributed by atoms with Crippen molar-refractivity contribution in [2.45, 2.75) is 6.54 Å². The summed E-state index contributed by atoms with van der Waals surface area (Å²) in [5, 5.41) is 14.0. The normalized spacial score (nSPS) is 10.0. The maximum atomic E-state index is 8.78. The van der Waals surface area contributed by atoms with Gasteiger partial charge < -0.3 is 14.8 Å². The molecule has 1 heterocycles. The van der Waals surface area contributed by atoms with E-state index in [4.69, 9.17) is 14.7 Å². The molecule has 0 saturated carbocycles. The zero-order valence-corrected chi connectivity index (χ0v) is 12.1. The molecule has 0 radical (unpaired) electrons. The first-order valence-electron chi connectivity index (χ1n) is 6.25. The highest BCUT2D eigenvalue weighted by molar-refractivity contribution is 7.10. The molecule has 1 aromatic heterocycles. The van der Waals surface area contributed by atoms with Gasteiger partial charge in [0.1, 0.15) is 18.4 Å².